The molecule has 1 aromatic heterocycles. The van der Waals surface area contributed by atoms with Gasteiger partial charge in [-0.15, -0.1) is 0 Å². The van der Waals surface area contributed by atoms with Crippen LogP contribution >= 0.6 is 0 Å². The molecule has 0 amide bonds. The zero-order chi connectivity index (χ0) is 12.5. The summed E-state index contributed by atoms with van der Waals surface area (Å²) in [6, 6.07) is 3.68. The molecule has 0 radical (unpaired) electrons. The first-order chi connectivity index (χ1) is 8.02. The zero-order valence-electron chi connectivity index (χ0n) is 10.0. The summed E-state index contributed by atoms with van der Waals surface area (Å²) in [4.78, 5) is 6.56. The maximum absolute atomic E-state index is 11.7. The van der Waals surface area contributed by atoms with Crippen molar-refractivity contribution in [2.24, 2.45) is 0 Å². The molecule has 0 bridgehead atoms. The molecule has 0 aromatic carbocycles. The molecule has 1 unspecified atom stereocenters. The number of likely N-dealkylation sites (N-methyl/N-ethyl adjacent to an activating group) is 1. The minimum absolute atomic E-state index is 0.316. The number of pyridine rings is 1. The highest BCUT2D eigenvalue weighted by Gasteiger charge is 2.26. The normalized spacial score (nSPS) is 20.8. The van der Waals surface area contributed by atoms with E-state index >= 15 is 0 Å². The van der Waals surface area contributed by atoms with Crippen LogP contribution in [0.2, 0.25) is 0 Å². The third-order valence-electron chi connectivity index (χ3n) is 3.05. The predicted octanol–water partition coefficient (Wildman–Crippen LogP) is 0.283. The molecule has 6 heteroatoms. The Morgan fingerprint density at radius 2 is 2.29 bits per heavy atom. The van der Waals surface area contributed by atoms with E-state index in [2.05, 4.69) is 10.3 Å². The maximum atomic E-state index is 11.7. The highest BCUT2D eigenvalue weighted by molar-refractivity contribution is 7.90. The quantitative estimate of drug-likeness (QED) is 0.841. The van der Waals surface area contributed by atoms with Crippen molar-refractivity contribution >= 4 is 15.7 Å². The van der Waals surface area contributed by atoms with Crippen LogP contribution < -0.4 is 10.2 Å². The van der Waals surface area contributed by atoms with Crippen LogP contribution in [0.5, 0.6) is 0 Å². The van der Waals surface area contributed by atoms with Gasteiger partial charge in [-0.05, 0) is 25.6 Å². The van der Waals surface area contributed by atoms with Crippen LogP contribution in [-0.4, -0.2) is 45.8 Å². The molecule has 1 atom stereocenters. The van der Waals surface area contributed by atoms with Gasteiger partial charge in [0.25, 0.3) is 0 Å². The summed E-state index contributed by atoms with van der Waals surface area (Å²) in [6.07, 6.45) is 3.87. The zero-order valence-corrected chi connectivity index (χ0v) is 10.9. The Bertz CT molecular complexity index is 501. The van der Waals surface area contributed by atoms with Crippen molar-refractivity contribution in [2.45, 2.75) is 17.4 Å². The van der Waals surface area contributed by atoms with Crippen molar-refractivity contribution in [2.75, 3.05) is 31.3 Å². The average Bonchev–Trinajstić information content (AvgIpc) is 2.76. The summed E-state index contributed by atoms with van der Waals surface area (Å²) < 4.78 is 23.4. The number of rotatable bonds is 3. The van der Waals surface area contributed by atoms with Crippen molar-refractivity contribution < 1.29 is 8.42 Å². The van der Waals surface area contributed by atoms with Gasteiger partial charge >= 0.3 is 0 Å². The van der Waals surface area contributed by atoms with E-state index < -0.39 is 9.84 Å². The molecule has 5 nitrogen and oxygen atoms in total. The lowest BCUT2D eigenvalue weighted by Gasteiger charge is -2.19. The second kappa shape index (κ2) is 4.62. The van der Waals surface area contributed by atoms with Gasteiger partial charge in [0.2, 0.25) is 0 Å². The van der Waals surface area contributed by atoms with E-state index in [4.69, 9.17) is 0 Å². The van der Waals surface area contributed by atoms with Crippen LogP contribution in [0.3, 0.4) is 0 Å². The summed E-state index contributed by atoms with van der Waals surface area (Å²) in [5, 5.41) is 3.20. The molecule has 17 heavy (non-hydrogen) atoms. The maximum Gasteiger partial charge on any atom is 0.179 e. The molecular formula is C11H17N3O2S. The summed E-state index contributed by atoms with van der Waals surface area (Å²) in [5.74, 6) is 0.577. The average molecular weight is 255 g/mol. The third-order valence-corrected chi connectivity index (χ3v) is 4.16. The van der Waals surface area contributed by atoms with Crippen molar-refractivity contribution in [3.63, 3.8) is 0 Å². The molecule has 0 saturated carbocycles. The Kier molecular flexibility index (Phi) is 3.35. The number of hydrogen-bond donors (Lipinski definition) is 1. The number of aromatic nitrogens is 1. The minimum Gasteiger partial charge on any atom is -0.354 e. The van der Waals surface area contributed by atoms with Gasteiger partial charge in [-0.1, -0.05) is 0 Å². The van der Waals surface area contributed by atoms with Crippen LogP contribution in [0.1, 0.15) is 6.42 Å². The van der Waals surface area contributed by atoms with Crippen molar-refractivity contribution in [3.05, 3.63) is 18.3 Å². The lowest BCUT2D eigenvalue weighted by molar-refractivity contribution is 0.600. The second-order valence-electron chi connectivity index (χ2n) is 4.32. The van der Waals surface area contributed by atoms with Crippen molar-refractivity contribution in [1.29, 1.82) is 0 Å². The molecule has 2 heterocycles. The van der Waals surface area contributed by atoms with Crippen LogP contribution in [0.25, 0.3) is 0 Å². The SMILES string of the molecule is CNC1CCN(c2ncccc2S(C)(=O)=O)C1. The molecular weight excluding hydrogens is 238 g/mol. The Labute approximate surface area is 102 Å². The van der Waals surface area contributed by atoms with Crippen molar-refractivity contribution in [3.8, 4) is 0 Å². The van der Waals surface area contributed by atoms with Gasteiger partial charge in [0, 0.05) is 31.6 Å². The largest absolute Gasteiger partial charge is 0.354 e. The lowest BCUT2D eigenvalue weighted by Crippen LogP contribution is -2.30. The summed E-state index contributed by atoms with van der Waals surface area (Å²) >= 11 is 0. The van der Waals surface area contributed by atoms with E-state index in [9.17, 15) is 8.42 Å². The summed E-state index contributed by atoms with van der Waals surface area (Å²) in [5.41, 5.74) is 0. The second-order valence-corrected chi connectivity index (χ2v) is 6.30. The molecule has 2 rings (SSSR count). The van der Waals surface area contributed by atoms with Gasteiger partial charge < -0.3 is 10.2 Å². The molecule has 1 aliphatic rings. The molecule has 0 aliphatic carbocycles. The summed E-state index contributed by atoms with van der Waals surface area (Å²) in [7, 11) is -1.30. The standard InChI is InChI=1S/C11H17N3O2S/c1-12-9-5-7-14(8-9)11-10(17(2,15)16)4-3-6-13-11/h3-4,6,9,12H,5,7-8H2,1-2H3. The number of sulfone groups is 1. The Morgan fingerprint density at radius 1 is 1.53 bits per heavy atom. The van der Waals surface area contributed by atoms with Crippen LogP contribution in [0, 0.1) is 0 Å². The molecule has 0 spiro atoms. The van der Waals surface area contributed by atoms with Gasteiger partial charge in [0.15, 0.2) is 9.84 Å². The first kappa shape index (κ1) is 12.3. The fourth-order valence-electron chi connectivity index (χ4n) is 2.10. The predicted molar refractivity (Wildman–Crippen MR) is 67.0 cm³/mol. The van der Waals surface area contributed by atoms with Gasteiger partial charge in [0.1, 0.15) is 10.7 Å². The monoisotopic (exact) mass is 255 g/mol. The summed E-state index contributed by atoms with van der Waals surface area (Å²) in [6.45, 7) is 1.64. The fraction of sp³-hybridized carbons (Fsp3) is 0.545. The van der Waals surface area contributed by atoms with E-state index in [1.54, 1.807) is 18.3 Å². The fourth-order valence-corrected chi connectivity index (χ4v) is 2.94. The number of anilines is 1. The van der Waals surface area contributed by atoms with Crippen LogP contribution in [-0.2, 0) is 9.84 Å². The van der Waals surface area contributed by atoms with Gasteiger partial charge in [-0.25, -0.2) is 13.4 Å². The molecule has 1 aromatic rings. The first-order valence-corrected chi connectivity index (χ1v) is 7.49. The molecule has 1 fully saturated rings. The Balaban J connectivity index is 2.34. The van der Waals surface area contributed by atoms with Crippen LogP contribution in [0.4, 0.5) is 5.82 Å². The number of nitrogens with zero attached hydrogens (tertiary/aromatic N) is 2. The van der Waals surface area contributed by atoms with Crippen LogP contribution in [0.15, 0.2) is 23.2 Å². The van der Waals surface area contributed by atoms with E-state index in [1.165, 1.54) is 6.26 Å². The Morgan fingerprint density at radius 3 is 2.88 bits per heavy atom. The number of hydrogen-bond acceptors (Lipinski definition) is 5. The lowest BCUT2D eigenvalue weighted by atomic mass is 10.3. The molecule has 1 N–H and O–H groups in total. The number of nitrogens with one attached hydrogen (secondary N) is 1. The topological polar surface area (TPSA) is 62.3 Å². The van der Waals surface area contributed by atoms with Gasteiger partial charge in [-0.3, -0.25) is 0 Å². The van der Waals surface area contributed by atoms with Gasteiger partial charge in [-0.2, -0.15) is 0 Å². The Hall–Kier alpha value is -1.14. The first-order valence-electron chi connectivity index (χ1n) is 5.59. The molecule has 1 aliphatic heterocycles. The van der Waals surface area contributed by atoms with E-state index in [0.29, 0.717) is 16.8 Å². The van der Waals surface area contributed by atoms with Gasteiger partial charge in [0.05, 0.1) is 0 Å². The minimum atomic E-state index is -3.22. The third kappa shape index (κ3) is 2.58. The van der Waals surface area contributed by atoms with E-state index in [0.717, 1.165) is 19.5 Å². The highest BCUT2D eigenvalue weighted by Crippen LogP contribution is 2.25. The highest BCUT2D eigenvalue weighted by atomic mass is 32.2. The van der Waals surface area contributed by atoms with E-state index in [-0.39, 0.29) is 0 Å². The van der Waals surface area contributed by atoms with Crippen molar-refractivity contribution in [1.82, 2.24) is 10.3 Å². The van der Waals surface area contributed by atoms with E-state index in [1.807, 2.05) is 11.9 Å². The molecule has 94 valence electrons. The smallest absolute Gasteiger partial charge is 0.179 e. The molecule has 1 saturated heterocycles.